The minimum Gasteiger partial charge on any atom is -0.493 e. The second-order valence-corrected chi connectivity index (χ2v) is 6.87. The molecule has 0 unspecified atom stereocenters. The van der Waals surface area contributed by atoms with Crippen LogP contribution < -0.4 is 15.4 Å². The van der Waals surface area contributed by atoms with Crippen LogP contribution >= 0.6 is 0 Å². The lowest BCUT2D eigenvalue weighted by Gasteiger charge is -2.10. The molecule has 0 aliphatic carbocycles. The van der Waals surface area contributed by atoms with Crippen molar-refractivity contribution in [2.75, 3.05) is 18.5 Å². The van der Waals surface area contributed by atoms with E-state index in [0.717, 1.165) is 12.8 Å². The van der Waals surface area contributed by atoms with Gasteiger partial charge < -0.3 is 15.4 Å². The first kappa shape index (κ1) is 20.5. The zero-order valence-electron chi connectivity index (χ0n) is 16.2. The Bertz CT molecular complexity index is 754. The largest absolute Gasteiger partial charge is 0.493 e. The molecule has 0 spiro atoms. The first-order chi connectivity index (χ1) is 13.0. The predicted molar refractivity (Wildman–Crippen MR) is 108 cm³/mol. The zero-order chi connectivity index (χ0) is 19.6. The van der Waals surface area contributed by atoms with Crippen molar-refractivity contribution in [2.45, 2.75) is 33.6 Å². The van der Waals surface area contributed by atoms with Gasteiger partial charge in [0, 0.05) is 23.4 Å². The highest BCUT2D eigenvalue weighted by molar-refractivity contribution is 6.04. The van der Waals surface area contributed by atoms with Crippen molar-refractivity contribution in [3.8, 4) is 5.75 Å². The fourth-order valence-electron chi connectivity index (χ4n) is 2.38. The predicted octanol–water partition coefficient (Wildman–Crippen LogP) is 4.50. The summed E-state index contributed by atoms with van der Waals surface area (Å²) in [5.41, 5.74) is 1.74. The smallest absolute Gasteiger partial charge is 0.255 e. The number of hydrogen-bond acceptors (Lipinski definition) is 3. The monoisotopic (exact) mass is 368 g/mol. The molecule has 27 heavy (non-hydrogen) atoms. The Balaban J connectivity index is 1.95. The molecule has 0 fully saturated rings. The minimum absolute atomic E-state index is 0.101. The number of hydrogen-bond donors (Lipinski definition) is 2. The van der Waals surface area contributed by atoms with Gasteiger partial charge in [-0.1, -0.05) is 33.3 Å². The molecule has 2 rings (SSSR count). The van der Waals surface area contributed by atoms with Crippen molar-refractivity contribution in [1.29, 1.82) is 0 Å². The average molecular weight is 368 g/mol. The molecule has 2 amide bonds. The maximum absolute atomic E-state index is 12.5. The molecular formula is C22H28N2O3. The maximum Gasteiger partial charge on any atom is 0.255 e. The van der Waals surface area contributed by atoms with Gasteiger partial charge in [-0.3, -0.25) is 9.59 Å². The summed E-state index contributed by atoms with van der Waals surface area (Å²) >= 11 is 0. The van der Waals surface area contributed by atoms with Gasteiger partial charge in [0.05, 0.1) is 6.61 Å². The highest BCUT2D eigenvalue weighted by Gasteiger charge is 2.09. The fraction of sp³-hybridized carbons (Fsp3) is 0.364. The standard InChI is InChI=1S/C22H28N2O3/c1-4-5-13-23-21(25)17-9-11-19(12-10-17)24-22(26)18-7-6-8-20(14-18)27-15-16(2)3/h6-12,14,16H,4-5,13,15H2,1-3H3,(H,23,25)(H,24,26). The number of carbonyl (C=O) groups is 2. The van der Waals surface area contributed by atoms with Gasteiger partial charge in [-0.2, -0.15) is 0 Å². The molecule has 0 radical (unpaired) electrons. The van der Waals surface area contributed by atoms with Crippen LogP contribution in [0.2, 0.25) is 0 Å². The van der Waals surface area contributed by atoms with Gasteiger partial charge in [0.25, 0.3) is 11.8 Å². The molecule has 0 aliphatic heterocycles. The Morgan fingerprint density at radius 3 is 2.41 bits per heavy atom. The van der Waals surface area contributed by atoms with Gasteiger partial charge in [-0.25, -0.2) is 0 Å². The van der Waals surface area contributed by atoms with Crippen LogP contribution in [0.5, 0.6) is 5.75 Å². The Morgan fingerprint density at radius 2 is 1.74 bits per heavy atom. The minimum atomic E-state index is -0.217. The highest BCUT2D eigenvalue weighted by Crippen LogP contribution is 2.17. The number of benzene rings is 2. The SMILES string of the molecule is CCCCNC(=O)c1ccc(NC(=O)c2cccc(OCC(C)C)c2)cc1. The zero-order valence-corrected chi connectivity index (χ0v) is 16.2. The van der Waals surface area contributed by atoms with E-state index in [2.05, 4.69) is 31.4 Å². The lowest BCUT2D eigenvalue weighted by atomic mass is 10.1. The van der Waals surface area contributed by atoms with Crippen molar-refractivity contribution >= 4 is 17.5 Å². The molecule has 0 aliphatic rings. The summed E-state index contributed by atoms with van der Waals surface area (Å²) < 4.78 is 5.67. The lowest BCUT2D eigenvalue weighted by Crippen LogP contribution is -2.24. The van der Waals surface area contributed by atoms with Crippen LogP contribution in [-0.2, 0) is 0 Å². The van der Waals surface area contributed by atoms with Crippen molar-refractivity contribution < 1.29 is 14.3 Å². The Hall–Kier alpha value is -2.82. The molecule has 0 bridgehead atoms. The van der Waals surface area contributed by atoms with Crippen molar-refractivity contribution in [1.82, 2.24) is 5.32 Å². The highest BCUT2D eigenvalue weighted by atomic mass is 16.5. The van der Waals surface area contributed by atoms with E-state index in [9.17, 15) is 9.59 Å². The summed E-state index contributed by atoms with van der Waals surface area (Å²) in [4.78, 5) is 24.5. The number of carbonyl (C=O) groups excluding carboxylic acids is 2. The maximum atomic E-state index is 12.5. The molecule has 2 N–H and O–H groups in total. The third-order valence-electron chi connectivity index (χ3n) is 3.90. The second kappa shape index (κ2) is 10.4. The first-order valence-corrected chi connectivity index (χ1v) is 9.42. The van der Waals surface area contributed by atoms with E-state index in [1.807, 2.05) is 6.07 Å². The number of anilines is 1. The summed E-state index contributed by atoms with van der Waals surface area (Å²) in [7, 11) is 0. The van der Waals surface area contributed by atoms with Gasteiger partial charge in [-0.15, -0.1) is 0 Å². The van der Waals surface area contributed by atoms with E-state index in [0.29, 0.717) is 41.6 Å². The lowest BCUT2D eigenvalue weighted by molar-refractivity contribution is 0.0952. The molecule has 5 heteroatoms. The number of amides is 2. The van der Waals surface area contributed by atoms with E-state index < -0.39 is 0 Å². The quantitative estimate of drug-likeness (QED) is 0.640. The average Bonchev–Trinajstić information content (AvgIpc) is 2.67. The molecule has 2 aromatic rings. The molecule has 0 saturated carbocycles. The van der Waals surface area contributed by atoms with Crippen LogP contribution in [0.4, 0.5) is 5.69 Å². The van der Waals surface area contributed by atoms with Crippen molar-refractivity contribution in [3.63, 3.8) is 0 Å². The van der Waals surface area contributed by atoms with Crippen LogP contribution in [0.25, 0.3) is 0 Å². The molecule has 2 aromatic carbocycles. The topological polar surface area (TPSA) is 67.4 Å². The summed E-state index contributed by atoms with van der Waals surface area (Å²) in [6.07, 6.45) is 1.99. The number of ether oxygens (including phenoxy) is 1. The molecule has 0 aromatic heterocycles. The van der Waals surface area contributed by atoms with Gasteiger partial charge in [0.1, 0.15) is 5.75 Å². The molecule has 0 heterocycles. The molecule has 5 nitrogen and oxygen atoms in total. The molecule has 0 atom stereocenters. The van der Waals surface area contributed by atoms with Gasteiger partial charge in [-0.05, 0) is 54.8 Å². The third-order valence-corrected chi connectivity index (χ3v) is 3.90. The Morgan fingerprint density at radius 1 is 1.00 bits per heavy atom. The Labute approximate surface area is 161 Å². The number of nitrogens with one attached hydrogen (secondary N) is 2. The van der Waals surface area contributed by atoms with Crippen molar-refractivity contribution in [3.05, 3.63) is 59.7 Å². The molecule has 144 valence electrons. The fourth-order valence-corrected chi connectivity index (χ4v) is 2.38. The van der Waals surface area contributed by atoms with Crippen molar-refractivity contribution in [2.24, 2.45) is 5.92 Å². The van der Waals surface area contributed by atoms with E-state index in [4.69, 9.17) is 4.74 Å². The first-order valence-electron chi connectivity index (χ1n) is 9.42. The van der Waals surface area contributed by atoms with Gasteiger partial charge in [0.2, 0.25) is 0 Å². The van der Waals surface area contributed by atoms with Crippen LogP contribution in [0.15, 0.2) is 48.5 Å². The van der Waals surface area contributed by atoms with Crippen LogP contribution in [0, 0.1) is 5.92 Å². The molecular weight excluding hydrogens is 340 g/mol. The van der Waals surface area contributed by atoms with Gasteiger partial charge >= 0.3 is 0 Å². The summed E-state index contributed by atoms with van der Waals surface area (Å²) in [5.74, 6) is 0.775. The normalized spacial score (nSPS) is 10.5. The van der Waals surface area contributed by atoms with Crippen LogP contribution in [0.3, 0.4) is 0 Å². The number of unbranched alkanes of at least 4 members (excludes halogenated alkanes) is 1. The van der Waals surface area contributed by atoms with Gasteiger partial charge in [0.15, 0.2) is 0 Å². The summed E-state index contributed by atoms with van der Waals surface area (Å²) in [6, 6.07) is 14.0. The van der Waals surface area contributed by atoms with Crippen LogP contribution in [0.1, 0.15) is 54.3 Å². The molecule has 0 saturated heterocycles. The van der Waals surface area contributed by atoms with Crippen LogP contribution in [-0.4, -0.2) is 25.0 Å². The summed E-state index contributed by atoms with van der Waals surface area (Å²) in [6.45, 7) is 7.50. The third kappa shape index (κ3) is 6.77. The summed E-state index contributed by atoms with van der Waals surface area (Å²) in [5, 5.41) is 5.71. The Kier molecular flexibility index (Phi) is 7.86. The number of rotatable bonds is 9. The van der Waals surface area contributed by atoms with E-state index >= 15 is 0 Å². The van der Waals surface area contributed by atoms with E-state index in [1.165, 1.54) is 0 Å². The van der Waals surface area contributed by atoms with E-state index in [1.54, 1.807) is 42.5 Å². The van der Waals surface area contributed by atoms with E-state index in [-0.39, 0.29) is 11.8 Å². The second-order valence-electron chi connectivity index (χ2n) is 6.87.